The lowest BCUT2D eigenvalue weighted by atomic mass is 9.84. The highest BCUT2D eigenvalue weighted by atomic mass is 19.1. The van der Waals surface area contributed by atoms with Crippen molar-refractivity contribution in [2.45, 2.75) is 45.8 Å². The Morgan fingerprint density at radius 1 is 1.07 bits per heavy atom. The second kappa shape index (κ2) is 14.3. The van der Waals surface area contributed by atoms with Gasteiger partial charge in [0.2, 0.25) is 5.91 Å². The summed E-state index contributed by atoms with van der Waals surface area (Å²) in [6.07, 6.45) is 2.19. The molecule has 9 heteroatoms. The van der Waals surface area contributed by atoms with Crippen molar-refractivity contribution in [3.05, 3.63) is 102 Å². The quantitative estimate of drug-likeness (QED) is 0.178. The standard InChI is InChI=1S/C34H40F2N4O3/c1-34(2,3)32(40(31(42)23-43-4)17-16-28(20-35)37-27-13-6-5-7-14-27)33-38-30(25-11-9-12-26(36)19-25)22-39(33)21-24-10-8-15-29(41)18-24/h5-15,18-19,22,28,32,37,41H,16-17,20-21,23H2,1-4H3/t28-,32-/m0/s1. The number of imidazole rings is 1. The third-order valence-electron chi connectivity index (χ3n) is 7.21. The molecule has 0 aliphatic heterocycles. The van der Waals surface area contributed by atoms with Crippen molar-refractivity contribution < 1.29 is 23.4 Å². The van der Waals surface area contributed by atoms with E-state index in [1.54, 1.807) is 35.2 Å². The lowest BCUT2D eigenvalue weighted by Crippen LogP contribution is -2.45. The minimum atomic E-state index is -0.614. The molecule has 3 aromatic carbocycles. The van der Waals surface area contributed by atoms with Gasteiger partial charge in [0.15, 0.2) is 0 Å². The van der Waals surface area contributed by atoms with Gasteiger partial charge in [-0.2, -0.15) is 0 Å². The zero-order chi connectivity index (χ0) is 31.0. The summed E-state index contributed by atoms with van der Waals surface area (Å²) in [5.74, 6) is 0.0948. The van der Waals surface area contributed by atoms with Gasteiger partial charge in [-0.15, -0.1) is 0 Å². The van der Waals surface area contributed by atoms with Gasteiger partial charge in [-0.25, -0.2) is 13.8 Å². The molecule has 7 nitrogen and oxygen atoms in total. The largest absolute Gasteiger partial charge is 0.508 e. The van der Waals surface area contributed by atoms with E-state index in [1.165, 1.54) is 19.2 Å². The van der Waals surface area contributed by atoms with Gasteiger partial charge < -0.3 is 24.6 Å². The predicted octanol–water partition coefficient (Wildman–Crippen LogP) is 6.85. The summed E-state index contributed by atoms with van der Waals surface area (Å²) >= 11 is 0. The zero-order valence-electron chi connectivity index (χ0n) is 25.1. The van der Waals surface area contributed by atoms with E-state index >= 15 is 0 Å². The van der Waals surface area contributed by atoms with Gasteiger partial charge in [0.25, 0.3) is 0 Å². The number of benzene rings is 3. The Hall–Kier alpha value is -4.24. The summed E-state index contributed by atoms with van der Waals surface area (Å²) in [6, 6.07) is 21.5. The smallest absolute Gasteiger partial charge is 0.249 e. The van der Waals surface area contributed by atoms with Gasteiger partial charge in [0.05, 0.1) is 17.8 Å². The first-order chi connectivity index (χ1) is 20.6. The van der Waals surface area contributed by atoms with E-state index in [1.807, 2.05) is 67.9 Å². The van der Waals surface area contributed by atoms with E-state index in [2.05, 4.69) is 5.32 Å². The molecular formula is C34H40F2N4O3. The molecule has 2 N–H and O–H groups in total. The van der Waals surface area contributed by atoms with Crippen LogP contribution in [0.25, 0.3) is 11.3 Å². The fraction of sp³-hybridized carbons (Fsp3) is 0.353. The number of nitrogens with zero attached hydrogens (tertiary/aromatic N) is 3. The fourth-order valence-corrected chi connectivity index (χ4v) is 5.26. The van der Waals surface area contributed by atoms with Gasteiger partial charge in [0, 0.05) is 37.6 Å². The molecule has 0 unspecified atom stereocenters. The first kappa shape index (κ1) is 31.7. The van der Waals surface area contributed by atoms with Crippen molar-refractivity contribution in [1.82, 2.24) is 14.5 Å². The topological polar surface area (TPSA) is 79.6 Å². The lowest BCUT2D eigenvalue weighted by molar-refractivity contribution is -0.140. The van der Waals surface area contributed by atoms with E-state index in [4.69, 9.17) is 9.72 Å². The van der Waals surface area contributed by atoms with Crippen LogP contribution in [0.5, 0.6) is 5.75 Å². The Kier molecular flexibility index (Phi) is 10.5. The van der Waals surface area contributed by atoms with Crippen LogP contribution in [0, 0.1) is 11.2 Å². The molecule has 0 bridgehead atoms. The number of aromatic nitrogens is 2. The van der Waals surface area contributed by atoms with Crippen LogP contribution in [0.2, 0.25) is 0 Å². The molecular weight excluding hydrogens is 550 g/mol. The number of carbonyl (C=O) groups is 1. The summed E-state index contributed by atoms with van der Waals surface area (Å²) in [6.45, 7) is 5.90. The molecule has 2 atom stereocenters. The van der Waals surface area contributed by atoms with Crippen LogP contribution in [0.1, 0.15) is 44.6 Å². The highest BCUT2D eigenvalue weighted by Crippen LogP contribution is 2.39. The molecule has 0 saturated carbocycles. The number of halogens is 2. The first-order valence-corrected chi connectivity index (χ1v) is 14.4. The van der Waals surface area contributed by atoms with Crippen molar-refractivity contribution in [2.24, 2.45) is 5.41 Å². The number of phenolic OH excluding ortho intramolecular Hbond substituents is 1. The van der Waals surface area contributed by atoms with E-state index in [0.717, 1.165) is 11.3 Å². The van der Waals surface area contributed by atoms with E-state index in [0.29, 0.717) is 30.0 Å². The molecule has 0 fully saturated rings. The number of ether oxygens (including phenoxy) is 1. The number of nitrogens with one attached hydrogen (secondary N) is 1. The number of hydrogen-bond donors (Lipinski definition) is 2. The van der Waals surface area contributed by atoms with Crippen LogP contribution in [-0.2, 0) is 16.1 Å². The van der Waals surface area contributed by atoms with Crippen LogP contribution >= 0.6 is 0 Å². The van der Waals surface area contributed by atoms with Crippen molar-refractivity contribution in [1.29, 1.82) is 0 Å². The van der Waals surface area contributed by atoms with E-state index in [9.17, 15) is 18.7 Å². The maximum absolute atomic E-state index is 14.2. The van der Waals surface area contributed by atoms with Gasteiger partial charge in [0.1, 0.15) is 30.7 Å². The average molecular weight is 591 g/mol. The van der Waals surface area contributed by atoms with Crippen molar-refractivity contribution in [3.63, 3.8) is 0 Å². The van der Waals surface area contributed by atoms with Crippen LogP contribution in [0.3, 0.4) is 0 Å². The highest BCUT2D eigenvalue weighted by Gasteiger charge is 2.38. The number of carbonyl (C=O) groups excluding carboxylic acids is 1. The summed E-state index contributed by atoms with van der Waals surface area (Å²) in [5, 5.41) is 13.3. The Morgan fingerprint density at radius 2 is 1.81 bits per heavy atom. The summed E-state index contributed by atoms with van der Waals surface area (Å²) in [4.78, 5) is 20.4. The van der Waals surface area contributed by atoms with E-state index < -0.39 is 24.2 Å². The second-order valence-electron chi connectivity index (χ2n) is 11.7. The lowest BCUT2D eigenvalue weighted by Gasteiger charge is -2.40. The number of amides is 1. The van der Waals surface area contributed by atoms with Gasteiger partial charge in [-0.3, -0.25) is 4.79 Å². The minimum absolute atomic E-state index is 0.136. The average Bonchev–Trinajstić information content (AvgIpc) is 3.37. The molecule has 0 aliphatic rings. The minimum Gasteiger partial charge on any atom is -0.508 e. The summed E-state index contributed by atoms with van der Waals surface area (Å²) in [5.41, 5.74) is 2.27. The van der Waals surface area contributed by atoms with Crippen LogP contribution in [0.15, 0.2) is 85.1 Å². The zero-order valence-corrected chi connectivity index (χ0v) is 25.1. The van der Waals surface area contributed by atoms with Crippen molar-refractivity contribution in [3.8, 4) is 17.0 Å². The summed E-state index contributed by atoms with van der Waals surface area (Å²) in [7, 11) is 1.47. The van der Waals surface area contributed by atoms with Crippen molar-refractivity contribution in [2.75, 3.05) is 32.3 Å². The molecule has 1 aromatic heterocycles. The SMILES string of the molecule is COCC(=O)N(CC[C@@H](CF)Nc1ccccc1)[C@@H](c1nc(-c2cccc(F)c2)cn1Cc1cccc(O)c1)C(C)(C)C. The molecule has 0 radical (unpaired) electrons. The van der Waals surface area contributed by atoms with E-state index in [-0.39, 0.29) is 30.6 Å². The third kappa shape index (κ3) is 8.41. The molecule has 1 amide bonds. The highest BCUT2D eigenvalue weighted by molar-refractivity contribution is 5.78. The normalized spacial score (nSPS) is 13.0. The number of anilines is 1. The van der Waals surface area contributed by atoms with Gasteiger partial charge in [-0.05, 0) is 53.8 Å². The van der Waals surface area contributed by atoms with Gasteiger partial charge >= 0.3 is 0 Å². The number of methoxy groups -OCH3 is 1. The van der Waals surface area contributed by atoms with Crippen molar-refractivity contribution >= 4 is 11.6 Å². The number of para-hydroxylation sites is 1. The molecule has 1 heterocycles. The number of rotatable bonds is 13. The number of alkyl halides is 1. The molecule has 43 heavy (non-hydrogen) atoms. The molecule has 0 spiro atoms. The number of hydrogen-bond acceptors (Lipinski definition) is 5. The first-order valence-electron chi connectivity index (χ1n) is 14.4. The number of aromatic hydroxyl groups is 1. The molecule has 4 aromatic rings. The maximum atomic E-state index is 14.2. The third-order valence-corrected chi connectivity index (χ3v) is 7.21. The molecule has 0 aliphatic carbocycles. The maximum Gasteiger partial charge on any atom is 0.249 e. The Morgan fingerprint density at radius 3 is 2.47 bits per heavy atom. The van der Waals surface area contributed by atoms with Crippen LogP contribution in [-0.4, -0.2) is 58.4 Å². The Bertz CT molecular complexity index is 1490. The Labute approximate surface area is 252 Å². The predicted molar refractivity (Wildman–Crippen MR) is 165 cm³/mol. The van der Waals surface area contributed by atoms with Crippen LogP contribution < -0.4 is 5.32 Å². The molecule has 4 rings (SSSR count). The monoisotopic (exact) mass is 590 g/mol. The molecule has 0 saturated heterocycles. The van der Waals surface area contributed by atoms with Crippen LogP contribution in [0.4, 0.5) is 14.5 Å². The van der Waals surface area contributed by atoms with Gasteiger partial charge in [-0.1, -0.05) is 63.2 Å². The molecule has 228 valence electrons. The summed E-state index contributed by atoms with van der Waals surface area (Å²) < 4.78 is 35.6. The second-order valence-corrected chi connectivity index (χ2v) is 11.7. The number of phenols is 1. The fourth-order valence-electron chi connectivity index (χ4n) is 5.26. The Balaban J connectivity index is 1.77.